The van der Waals surface area contributed by atoms with Crippen molar-refractivity contribution in [2.75, 3.05) is 6.54 Å². The van der Waals surface area contributed by atoms with Crippen LogP contribution in [-0.2, 0) is 6.42 Å². The van der Waals surface area contributed by atoms with E-state index in [-0.39, 0.29) is 11.9 Å². The quantitative estimate of drug-likeness (QED) is 0.824. The van der Waals surface area contributed by atoms with Crippen LogP contribution >= 0.6 is 15.9 Å². The molecule has 0 saturated heterocycles. The van der Waals surface area contributed by atoms with Crippen LogP contribution in [0.1, 0.15) is 36.2 Å². The van der Waals surface area contributed by atoms with E-state index in [1.165, 1.54) is 6.07 Å². The van der Waals surface area contributed by atoms with Gasteiger partial charge in [0.1, 0.15) is 5.82 Å². The highest BCUT2D eigenvalue weighted by Crippen LogP contribution is 2.28. The highest BCUT2D eigenvalue weighted by Gasteiger charge is 2.17. The van der Waals surface area contributed by atoms with Gasteiger partial charge < -0.3 is 5.32 Å². The summed E-state index contributed by atoms with van der Waals surface area (Å²) in [6.07, 6.45) is 3.64. The second-order valence-electron chi connectivity index (χ2n) is 5.18. The standard InChI is InChI=1S/C17H20BrFN2/c1-3-9-20-16(10-13-8-7-12(2)11-21-13)14-5-4-6-15(19)17(14)18/h4-8,11,16,20H,3,9-10H2,1-2H3. The average molecular weight is 351 g/mol. The van der Waals surface area contributed by atoms with Gasteiger partial charge in [-0.3, -0.25) is 4.98 Å². The van der Waals surface area contributed by atoms with Crippen LogP contribution in [0.15, 0.2) is 41.0 Å². The van der Waals surface area contributed by atoms with Crippen LogP contribution in [-0.4, -0.2) is 11.5 Å². The molecule has 2 aromatic rings. The third-order valence-electron chi connectivity index (χ3n) is 3.38. The number of hydrogen-bond acceptors (Lipinski definition) is 2. The number of nitrogens with zero attached hydrogens (tertiary/aromatic N) is 1. The first-order chi connectivity index (χ1) is 10.1. The molecule has 2 rings (SSSR count). The van der Waals surface area contributed by atoms with Gasteiger partial charge in [0, 0.05) is 24.4 Å². The molecular formula is C17H20BrFN2. The van der Waals surface area contributed by atoms with Crippen LogP contribution in [0.4, 0.5) is 4.39 Å². The highest BCUT2D eigenvalue weighted by atomic mass is 79.9. The molecule has 2 nitrogen and oxygen atoms in total. The Kier molecular flexibility index (Phi) is 5.88. The van der Waals surface area contributed by atoms with E-state index in [2.05, 4.69) is 39.2 Å². The molecule has 112 valence electrons. The number of halogens is 2. The van der Waals surface area contributed by atoms with Gasteiger partial charge in [0.05, 0.1) is 4.47 Å². The zero-order valence-electron chi connectivity index (χ0n) is 12.4. The molecule has 1 aromatic heterocycles. The molecule has 1 N–H and O–H groups in total. The maximum absolute atomic E-state index is 13.8. The number of aryl methyl sites for hydroxylation is 1. The summed E-state index contributed by atoms with van der Waals surface area (Å²) >= 11 is 3.36. The van der Waals surface area contributed by atoms with Gasteiger partial charge >= 0.3 is 0 Å². The Balaban J connectivity index is 2.25. The van der Waals surface area contributed by atoms with Gasteiger partial charge in [0.15, 0.2) is 0 Å². The first-order valence-corrected chi connectivity index (χ1v) is 8.00. The Morgan fingerprint density at radius 2 is 2.10 bits per heavy atom. The Labute approximate surface area is 133 Å². The van der Waals surface area contributed by atoms with Crippen molar-refractivity contribution in [2.24, 2.45) is 0 Å². The van der Waals surface area contributed by atoms with E-state index in [1.54, 1.807) is 6.07 Å². The van der Waals surface area contributed by atoms with E-state index in [4.69, 9.17) is 0 Å². The molecule has 0 bridgehead atoms. The normalized spacial score (nSPS) is 12.4. The minimum Gasteiger partial charge on any atom is -0.310 e. The fourth-order valence-corrected chi connectivity index (χ4v) is 2.77. The Morgan fingerprint density at radius 1 is 1.29 bits per heavy atom. The summed E-state index contributed by atoms with van der Waals surface area (Å²) in [7, 11) is 0. The third-order valence-corrected chi connectivity index (χ3v) is 4.22. The summed E-state index contributed by atoms with van der Waals surface area (Å²) in [5, 5.41) is 3.48. The molecule has 0 aliphatic heterocycles. The van der Waals surface area contributed by atoms with E-state index >= 15 is 0 Å². The molecule has 0 radical (unpaired) electrons. The van der Waals surface area contributed by atoms with E-state index in [1.807, 2.05) is 25.3 Å². The second-order valence-corrected chi connectivity index (χ2v) is 5.97. The van der Waals surface area contributed by atoms with Gasteiger partial charge in [0.25, 0.3) is 0 Å². The summed E-state index contributed by atoms with van der Waals surface area (Å²) in [5.41, 5.74) is 3.08. The van der Waals surface area contributed by atoms with Gasteiger partial charge in [-0.1, -0.05) is 25.1 Å². The monoisotopic (exact) mass is 350 g/mol. The average Bonchev–Trinajstić information content (AvgIpc) is 2.48. The Hall–Kier alpha value is -1.26. The van der Waals surface area contributed by atoms with Crippen molar-refractivity contribution in [3.8, 4) is 0 Å². The minimum atomic E-state index is -0.229. The summed E-state index contributed by atoms with van der Waals surface area (Å²) < 4.78 is 14.3. The minimum absolute atomic E-state index is 0.0465. The number of benzene rings is 1. The van der Waals surface area contributed by atoms with Gasteiger partial charge in [-0.05, 0) is 59.1 Å². The summed E-state index contributed by atoms with van der Waals surface area (Å²) in [4.78, 5) is 4.45. The van der Waals surface area contributed by atoms with Crippen LogP contribution in [0.5, 0.6) is 0 Å². The van der Waals surface area contributed by atoms with Gasteiger partial charge in [-0.15, -0.1) is 0 Å². The molecule has 4 heteroatoms. The van der Waals surface area contributed by atoms with Crippen molar-refractivity contribution in [3.63, 3.8) is 0 Å². The molecule has 21 heavy (non-hydrogen) atoms. The van der Waals surface area contributed by atoms with E-state index in [0.717, 1.165) is 36.2 Å². The SMILES string of the molecule is CCCNC(Cc1ccc(C)cn1)c1cccc(F)c1Br. The van der Waals surface area contributed by atoms with Gasteiger partial charge in [-0.2, -0.15) is 0 Å². The van der Waals surface area contributed by atoms with Crippen molar-refractivity contribution in [3.05, 3.63) is 63.6 Å². The summed E-state index contributed by atoms with van der Waals surface area (Å²) in [6.45, 7) is 5.03. The highest BCUT2D eigenvalue weighted by molar-refractivity contribution is 9.10. The lowest BCUT2D eigenvalue weighted by Gasteiger charge is -2.20. The molecular weight excluding hydrogens is 331 g/mol. The fraction of sp³-hybridized carbons (Fsp3) is 0.353. The lowest BCUT2D eigenvalue weighted by molar-refractivity contribution is 0.516. The molecule has 0 spiro atoms. The van der Waals surface area contributed by atoms with Gasteiger partial charge in [-0.25, -0.2) is 4.39 Å². The van der Waals surface area contributed by atoms with Crippen LogP contribution in [0.3, 0.4) is 0 Å². The topological polar surface area (TPSA) is 24.9 Å². The predicted octanol–water partition coefficient (Wildman–Crippen LogP) is 4.58. The van der Waals surface area contributed by atoms with Crippen LogP contribution < -0.4 is 5.32 Å². The zero-order chi connectivity index (χ0) is 15.2. The van der Waals surface area contributed by atoms with Crippen LogP contribution in [0.25, 0.3) is 0 Å². The second kappa shape index (κ2) is 7.66. The number of rotatable bonds is 6. The third kappa shape index (κ3) is 4.35. The van der Waals surface area contributed by atoms with Crippen molar-refractivity contribution in [2.45, 2.75) is 32.7 Å². The van der Waals surface area contributed by atoms with Crippen molar-refractivity contribution in [1.82, 2.24) is 10.3 Å². The molecule has 1 aromatic carbocycles. The molecule has 1 atom stereocenters. The Morgan fingerprint density at radius 3 is 2.76 bits per heavy atom. The first-order valence-electron chi connectivity index (χ1n) is 7.20. The maximum Gasteiger partial charge on any atom is 0.137 e. The number of hydrogen-bond donors (Lipinski definition) is 1. The molecule has 0 aliphatic rings. The maximum atomic E-state index is 13.8. The molecule has 0 saturated carbocycles. The molecule has 0 fully saturated rings. The van der Waals surface area contributed by atoms with Crippen molar-refractivity contribution in [1.29, 1.82) is 0 Å². The predicted molar refractivity (Wildman–Crippen MR) is 87.8 cm³/mol. The van der Waals surface area contributed by atoms with Crippen molar-refractivity contribution >= 4 is 15.9 Å². The van der Waals surface area contributed by atoms with Crippen molar-refractivity contribution < 1.29 is 4.39 Å². The van der Waals surface area contributed by atoms with E-state index < -0.39 is 0 Å². The number of aromatic nitrogens is 1. The molecule has 0 aliphatic carbocycles. The fourth-order valence-electron chi connectivity index (χ4n) is 2.23. The van der Waals surface area contributed by atoms with E-state index in [0.29, 0.717) is 4.47 Å². The Bertz CT molecular complexity index is 584. The largest absolute Gasteiger partial charge is 0.310 e. The molecule has 1 heterocycles. The lowest BCUT2D eigenvalue weighted by Crippen LogP contribution is -2.25. The molecule has 1 unspecified atom stereocenters. The number of nitrogens with one attached hydrogen (secondary N) is 1. The smallest absolute Gasteiger partial charge is 0.137 e. The van der Waals surface area contributed by atoms with Gasteiger partial charge in [0.2, 0.25) is 0 Å². The first kappa shape index (κ1) is 16.1. The van der Waals surface area contributed by atoms with E-state index in [9.17, 15) is 4.39 Å². The molecule has 0 amide bonds. The van der Waals surface area contributed by atoms with Crippen LogP contribution in [0, 0.1) is 12.7 Å². The number of pyridine rings is 1. The lowest BCUT2D eigenvalue weighted by atomic mass is 10.0. The summed E-state index contributed by atoms with van der Waals surface area (Å²) in [6, 6.07) is 9.30. The summed E-state index contributed by atoms with van der Waals surface area (Å²) in [5.74, 6) is -0.229. The zero-order valence-corrected chi connectivity index (χ0v) is 14.0. The van der Waals surface area contributed by atoms with Crippen LogP contribution in [0.2, 0.25) is 0 Å².